The Morgan fingerprint density at radius 3 is 2.38 bits per heavy atom. The Morgan fingerprint density at radius 1 is 1.14 bits per heavy atom. The van der Waals surface area contributed by atoms with Crippen LogP contribution in [0.3, 0.4) is 0 Å². The molecule has 1 aromatic rings. The number of hydrogen-bond donors (Lipinski definition) is 1. The first-order valence-electron chi connectivity index (χ1n) is 8.06. The molecule has 1 unspecified atom stereocenters. The number of benzene rings is 1. The van der Waals surface area contributed by atoms with Crippen molar-refractivity contribution in [3.63, 3.8) is 0 Å². The van der Waals surface area contributed by atoms with Gasteiger partial charge < -0.3 is 15.0 Å². The van der Waals surface area contributed by atoms with Gasteiger partial charge in [-0.05, 0) is 31.1 Å². The Kier molecular flexibility index (Phi) is 8.58. The van der Waals surface area contributed by atoms with E-state index < -0.39 is 0 Å². The maximum Gasteiger partial charge on any atom is 0.0713 e. The Morgan fingerprint density at radius 2 is 1.81 bits per heavy atom. The van der Waals surface area contributed by atoms with Gasteiger partial charge in [-0.15, -0.1) is 0 Å². The topological polar surface area (TPSA) is 24.5 Å². The average Bonchev–Trinajstić information content (AvgIpc) is 2.47. The maximum atomic E-state index is 5.19. The van der Waals surface area contributed by atoms with E-state index in [1.807, 2.05) is 0 Å². The minimum atomic E-state index is 0.599. The molecule has 3 nitrogen and oxygen atoms in total. The Labute approximate surface area is 130 Å². The molecule has 0 aromatic heterocycles. The van der Waals surface area contributed by atoms with Gasteiger partial charge in [0.05, 0.1) is 6.61 Å². The molecule has 3 heteroatoms. The first-order valence-corrected chi connectivity index (χ1v) is 8.06. The number of methoxy groups -OCH3 is 1. The summed E-state index contributed by atoms with van der Waals surface area (Å²) < 4.78 is 5.19. The molecule has 0 radical (unpaired) electrons. The van der Waals surface area contributed by atoms with Crippen LogP contribution in [0.4, 0.5) is 0 Å². The van der Waals surface area contributed by atoms with Crippen molar-refractivity contribution in [3.8, 4) is 0 Å². The molecule has 0 amide bonds. The van der Waals surface area contributed by atoms with Gasteiger partial charge in [0, 0.05) is 26.2 Å². The predicted octanol–water partition coefficient (Wildman–Crippen LogP) is 3.29. The number of likely N-dealkylation sites (N-methyl/N-ethyl adjacent to an activating group) is 1. The zero-order chi connectivity index (χ0) is 15.7. The minimum absolute atomic E-state index is 0.599. The highest BCUT2D eigenvalue weighted by molar-refractivity contribution is 5.22. The fourth-order valence-corrected chi connectivity index (χ4v) is 2.96. The van der Waals surface area contributed by atoms with Gasteiger partial charge in [0.1, 0.15) is 0 Å². The summed E-state index contributed by atoms with van der Waals surface area (Å²) in [5, 5.41) is 3.62. The van der Waals surface area contributed by atoms with Crippen LogP contribution in [0.15, 0.2) is 24.3 Å². The van der Waals surface area contributed by atoms with Gasteiger partial charge in [-0.25, -0.2) is 0 Å². The summed E-state index contributed by atoms with van der Waals surface area (Å²) in [5.41, 5.74) is 2.56. The molecule has 0 heterocycles. The number of hydrogen-bond acceptors (Lipinski definition) is 3. The molecule has 1 rings (SSSR count). The summed E-state index contributed by atoms with van der Waals surface area (Å²) in [7, 11) is 6.11. The smallest absolute Gasteiger partial charge is 0.0713 e. The normalized spacial score (nSPS) is 13.1. The highest BCUT2D eigenvalue weighted by atomic mass is 16.5. The van der Waals surface area contributed by atoms with Crippen molar-refractivity contribution in [3.05, 3.63) is 35.4 Å². The summed E-state index contributed by atoms with van der Waals surface area (Å²) in [6.07, 6.45) is 2.48. The largest absolute Gasteiger partial charge is 0.380 e. The molecule has 120 valence electrons. The Balaban J connectivity index is 2.52. The molecule has 0 spiro atoms. The van der Waals surface area contributed by atoms with E-state index in [2.05, 4.69) is 62.4 Å². The molecule has 1 atom stereocenters. The lowest BCUT2D eigenvalue weighted by molar-refractivity contribution is 0.184. The van der Waals surface area contributed by atoms with Crippen LogP contribution in [0.2, 0.25) is 0 Å². The summed E-state index contributed by atoms with van der Waals surface area (Å²) in [6, 6.07) is 9.21. The van der Waals surface area contributed by atoms with Crippen LogP contribution >= 0.6 is 0 Å². The average molecular weight is 292 g/mol. The zero-order valence-electron chi connectivity index (χ0n) is 14.4. The minimum Gasteiger partial charge on any atom is -0.380 e. The monoisotopic (exact) mass is 292 g/mol. The van der Waals surface area contributed by atoms with Crippen molar-refractivity contribution in [2.75, 3.05) is 27.7 Å². The van der Waals surface area contributed by atoms with Gasteiger partial charge in [-0.2, -0.15) is 0 Å². The van der Waals surface area contributed by atoms with Crippen molar-refractivity contribution in [2.45, 2.75) is 45.9 Å². The van der Waals surface area contributed by atoms with Crippen LogP contribution in [0.5, 0.6) is 0 Å². The standard InChI is InChI=1S/C18H32N2O/c1-6-17(7-2)18(20(3)4)13-19-12-15-9-8-10-16(11-15)14-21-5/h8-11,17-19H,6-7,12-14H2,1-5H3. The Bertz CT molecular complexity index is 389. The fraction of sp³-hybridized carbons (Fsp3) is 0.667. The molecule has 0 aliphatic rings. The van der Waals surface area contributed by atoms with E-state index in [9.17, 15) is 0 Å². The van der Waals surface area contributed by atoms with Gasteiger partial charge in [0.25, 0.3) is 0 Å². The van der Waals surface area contributed by atoms with E-state index in [0.717, 1.165) is 19.0 Å². The number of ether oxygens (including phenoxy) is 1. The van der Waals surface area contributed by atoms with Gasteiger partial charge in [-0.1, -0.05) is 51.0 Å². The first-order chi connectivity index (χ1) is 10.1. The maximum absolute atomic E-state index is 5.19. The highest BCUT2D eigenvalue weighted by Gasteiger charge is 2.19. The fourth-order valence-electron chi connectivity index (χ4n) is 2.96. The van der Waals surface area contributed by atoms with Gasteiger partial charge >= 0.3 is 0 Å². The third-order valence-electron chi connectivity index (χ3n) is 4.24. The molecule has 1 N–H and O–H groups in total. The van der Waals surface area contributed by atoms with Crippen LogP contribution in [0.25, 0.3) is 0 Å². The van der Waals surface area contributed by atoms with Crippen LogP contribution in [0.1, 0.15) is 37.8 Å². The molecule has 0 bridgehead atoms. The summed E-state index contributed by atoms with van der Waals surface area (Å²) in [6.45, 7) is 7.22. The van der Waals surface area contributed by atoms with Crippen molar-refractivity contribution in [1.29, 1.82) is 0 Å². The van der Waals surface area contributed by atoms with Crippen molar-refractivity contribution in [1.82, 2.24) is 10.2 Å². The molecule has 1 aromatic carbocycles. The number of rotatable bonds is 10. The lowest BCUT2D eigenvalue weighted by Gasteiger charge is -2.31. The molecular formula is C18H32N2O. The molecule has 0 saturated heterocycles. The van der Waals surface area contributed by atoms with E-state index in [0.29, 0.717) is 12.6 Å². The second kappa shape index (κ2) is 9.93. The van der Waals surface area contributed by atoms with Crippen molar-refractivity contribution >= 4 is 0 Å². The van der Waals surface area contributed by atoms with E-state index in [1.54, 1.807) is 7.11 Å². The number of nitrogens with zero attached hydrogens (tertiary/aromatic N) is 1. The van der Waals surface area contributed by atoms with Crippen LogP contribution in [0, 0.1) is 5.92 Å². The van der Waals surface area contributed by atoms with E-state index in [1.165, 1.54) is 24.0 Å². The molecule has 0 saturated carbocycles. The van der Waals surface area contributed by atoms with Crippen LogP contribution in [-0.4, -0.2) is 38.7 Å². The van der Waals surface area contributed by atoms with E-state index >= 15 is 0 Å². The second-order valence-corrected chi connectivity index (χ2v) is 5.99. The Hall–Kier alpha value is -0.900. The lowest BCUT2D eigenvalue weighted by atomic mass is 9.93. The van der Waals surface area contributed by atoms with Gasteiger partial charge in [-0.3, -0.25) is 0 Å². The zero-order valence-corrected chi connectivity index (χ0v) is 14.4. The highest BCUT2D eigenvalue weighted by Crippen LogP contribution is 2.16. The molecule has 0 aliphatic carbocycles. The van der Waals surface area contributed by atoms with Crippen LogP contribution in [-0.2, 0) is 17.9 Å². The summed E-state index contributed by atoms with van der Waals surface area (Å²) in [4.78, 5) is 2.35. The quantitative estimate of drug-likeness (QED) is 0.716. The summed E-state index contributed by atoms with van der Waals surface area (Å²) in [5.74, 6) is 0.757. The molecule has 0 fully saturated rings. The van der Waals surface area contributed by atoms with Gasteiger partial charge in [0.15, 0.2) is 0 Å². The lowest BCUT2D eigenvalue weighted by Crippen LogP contribution is -2.42. The number of nitrogens with one attached hydrogen (secondary N) is 1. The van der Waals surface area contributed by atoms with Gasteiger partial charge in [0.2, 0.25) is 0 Å². The summed E-state index contributed by atoms with van der Waals surface area (Å²) >= 11 is 0. The van der Waals surface area contributed by atoms with E-state index in [-0.39, 0.29) is 0 Å². The van der Waals surface area contributed by atoms with Crippen molar-refractivity contribution < 1.29 is 4.74 Å². The van der Waals surface area contributed by atoms with Crippen molar-refractivity contribution in [2.24, 2.45) is 5.92 Å². The molecular weight excluding hydrogens is 260 g/mol. The first kappa shape index (κ1) is 18.1. The SMILES string of the molecule is CCC(CC)C(CNCc1cccc(COC)c1)N(C)C. The predicted molar refractivity (Wildman–Crippen MR) is 90.4 cm³/mol. The third kappa shape index (κ3) is 6.16. The van der Waals surface area contributed by atoms with Crippen LogP contribution < -0.4 is 5.32 Å². The molecule has 21 heavy (non-hydrogen) atoms. The van der Waals surface area contributed by atoms with E-state index in [4.69, 9.17) is 4.74 Å². The third-order valence-corrected chi connectivity index (χ3v) is 4.24. The molecule has 0 aliphatic heterocycles. The second-order valence-electron chi connectivity index (χ2n) is 5.99.